The molecule has 24 heavy (non-hydrogen) atoms. The highest BCUT2D eigenvalue weighted by atomic mass is 35.5. The van der Waals surface area contributed by atoms with Crippen molar-refractivity contribution in [3.05, 3.63) is 58.1 Å². The van der Waals surface area contributed by atoms with Crippen LogP contribution in [0, 0.1) is 13.8 Å². The highest BCUT2D eigenvalue weighted by molar-refractivity contribution is 6.33. The summed E-state index contributed by atoms with van der Waals surface area (Å²) in [5.74, 6) is -0.490. The SMILES string of the molecule is Cc1cc(C)cc(NCC(=O)Nc2cc(C(F)(F)F)ccc2Cl)c1. The van der Waals surface area contributed by atoms with Crippen molar-refractivity contribution in [1.82, 2.24) is 0 Å². The summed E-state index contributed by atoms with van der Waals surface area (Å²) >= 11 is 5.85. The maximum Gasteiger partial charge on any atom is 0.416 e. The van der Waals surface area contributed by atoms with Gasteiger partial charge in [0.05, 0.1) is 22.8 Å². The number of hydrogen-bond acceptors (Lipinski definition) is 2. The van der Waals surface area contributed by atoms with Crippen LogP contribution < -0.4 is 10.6 Å². The number of benzene rings is 2. The maximum absolute atomic E-state index is 12.7. The molecular formula is C17H16ClF3N2O. The average Bonchev–Trinajstić information content (AvgIpc) is 2.45. The molecule has 2 N–H and O–H groups in total. The zero-order valence-corrected chi connectivity index (χ0v) is 13.8. The Bertz CT molecular complexity index is 740. The quantitative estimate of drug-likeness (QED) is 0.807. The van der Waals surface area contributed by atoms with Crippen LogP contribution in [0.5, 0.6) is 0 Å². The standard InChI is InChI=1S/C17H16ClF3N2O/c1-10-5-11(2)7-13(6-10)22-9-16(24)23-15-8-12(17(19,20)21)3-4-14(15)18/h3-8,22H,9H2,1-2H3,(H,23,24). The van der Waals surface area contributed by atoms with Crippen LogP contribution in [-0.4, -0.2) is 12.5 Å². The van der Waals surface area contributed by atoms with Gasteiger partial charge in [-0.15, -0.1) is 0 Å². The van der Waals surface area contributed by atoms with E-state index in [1.165, 1.54) is 0 Å². The highest BCUT2D eigenvalue weighted by Gasteiger charge is 2.31. The minimum atomic E-state index is -4.50. The molecule has 0 aliphatic heterocycles. The third-order valence-corrected chi connectivity index (χ3v) is 3.57. The first-order chi connectivity index (χ1) is 11.1. The number of hydrogen-bond donors (Lipinski definition) is 2. The van der Waals surface area contributed by atoms with Crippen molar-refractivity contribution >= 4 is 28.9 Å². The lowest BCUT2D eigenvalue weighted by Crippen LogP contribution is -2.22. The fourth-order valence-electron chi connectivity index (χ4n) is 2.25. The van der Waals surface area contributed by atoms with E-state index in [1.807, 2.05) is 32.0 Å². The topological polar surface area (TPSA) is 41.1 Å². The molecule has 0 unspecified atom stereocenters. The van der Waals surface area contributed by atoms with Gasteiger partial charge in [-0.3, -0.25) is 4.79 Å². The zero-order chi connectivity index (χ0) is 17.9. The number of alkyl halides is 3. The first-order valence-electron chi connectivity index (χ1n) is 7.14. The van der Waals surface area contributed by atoms with Gasteiger partial charge in [-0.25, -0.2) is 0 Å². The van der Waals surface area contributed by atoms with Crippen LogP contribution >= 0.6 is 11.6 Å². The first-order valence-corrected chi connectivity index (χ1v) is 7.52. The van der Waals surface area contributed by atoms with E-state index in [9.17, 15) is 18.0 Å². The molecule has 2 aromatic carbocycles. The van der Waals surface area contributed by atoms with Crippen LogP contribution in [-0.2, 0) is 11.0 Å². The second-order valence-electron chi connectivity index (χ2n) is 5.47. The van der Waals surface area contributed by atoms with E-state index < -0.39 is 17.6 Å². The van der Waals surface area contributed by atoms with E-state index in [1.54, 1.807) is 0 Å². The molecule has 0 fully saturated rings. The van der Waals surface area contributed by atoms with Crippen molar-refractivity contribution in [2.75, 3.05) is 17.2 Å². The highest BCUT2D eigenvalue weighted by Crippen LogP contribution is 2.33. The van der Waals surface area contributed by atoms with Crippen LogP contribution in [0.15, 0.2) is 36.4 Å². The van der Waals surface area contributed by atoms with Crippen LogP contribution in [0.4, 0.5) is 24.5 Å². The van der Waals surface area contributed by atoms with Gasteiger partial charge < -0.3 is 10.6 Å². The molecule has 0 saturated carbocycles. The third-order valence-electron chi connectivity index (χ3n) is 3.24. The van der Waals surface area contributed by atoms with Gasteiger partial charge >= 0.3 is 6.18 Å². The molecule has 0 saturated heterocycles. The van der Waals surface area contributed by atoms with E-state index in [0.29, 0.717) is 0 Å². The fraction of sp³-hybridized carbons (Fsp3) is 0.235. The average molecular weight is 357 g/mol. The van der Waals surface area contributed by atoms with Crippen molar-refractivity contribution in [2.45, 2.75) is 20.0 Å². The number of aryl methyl sites for hydroxylation is 2. The summed E-state index contributed by atoms with van der Waals surface area (Å²) in [6.07, 6.45) is -4.50. The number of nitrogens with one attached hydrogen (secondary N) is 2. The number of amides is 1. The summed E-state index contributed by atoms with van der Waals surface area (Å²) in [5, 5.41) is 5.37. The second kappa shape index (κ2) is 7.13. The molecule has 0 radical (unpaired) electrons. The molecule has 0 heterocycles. The van der Waals surface area contributed by atoms with Crippen LogP contribution in [0.1, 0.15) is 16.7 Å². The number of anilines is 2. The van der Waals surface area contributed by atoms with Gasteiger partial charge in [-0.1, -0.05) is 17.7 Å². The van der Waals surface area contributed by atoms with E-state index in [4.69, 9.17) is 11.6 Å². The van der Waals surface area contributed by atoms with E-state index >= 15 is 0 Å². The van der Waals surface area contributed by atoms with Gasteiger partial charge in [-0.2, -0.15) is 13.2 Å². The van der Waals surface area contributed by atoms with Gasteiger partial charge in [0.1, 0.15) is 0 Å². The molecule has 0 aliphatic rings. The number of halogens is 4. The van der Waals surface area contributed by atoms with Crippen molar-refractivity contribution in [1.29, 1.82) is 0 Å². The molecule has 0 spiro atoms. The monoisotopic (exact) mass is 356 g/mol. The Balaban J connectivity index is 2.04. The predicted molar refractivity (Wildman–Crippen MR) is 89.5 cm³/mol. The van der Waals surface area contributed by atoms with Gasteiger partial charge in [0.15, 0.2) is 0 Å². The Morgan fingerprint density at radius 2 is 1.71 bits per heavy atom. The van der Waals surface area contributed by atoms with Gasteiger partial charge in [0, 0.05) is 5.69 Å². The third kappa shape index (κ3) is 4.89. The summed E-state index contributed by atoms with van der Waals surface area (Å²) in [6, 6.07) is 8.53. The minimum Gasteiger partial charge on any atom is -0.376 e. The Morgan fingerprint density at radius 3 is 2.29 bits per heavy atom. The number of carbonyl (C=O) groups is 1. The summed E-state index contributed by atoms with van der Waals surface area (Å²) < 4.78 is 38.1. The molecular weight excluding hydrogens is 341 g/mol. The number of carbonyl (C=O) groups excluding carboxylic acids is 1. The van der Waals surface area contributed by atoms with Crippen molar-refractivity contribution in [3.8, 4) is 0 Å². The van der Waals surface area contributed by atoms with E-state index in [-0.39, 0.29) is 17.3 Å². The lowest BCUT2D eigenvalue weighted by Gasteiger charge is -2.12. The number of rotatable bonds is 4. The summed E-state index contributed by atoms with van der Waals surface area (Å²) in [5.41, 5.74) is 1.90. The van der Waals surface area contributed by atoms with E-state index in [2.05, 4.69) is 10.6 Å². The summed E-state index contributed by atoms with van der Waals surface area (Å²) in [4.78, 5) is 12.0. The van der Waals surface area contributed by atoms with Gasteiger partial charge in [0.25, 0.3) is 0 Å². The first kappa shape index (κ1) is 18.1. The Hall–Kier alpha value is -2.21. The molecule has 0 atom stereocenters. The minimum absolute atomic E-state index is 0.0442. The molecule has 0 aliphatic carbocycles. The molecule has 2 aromatic rings. The molecule has 2 rings (SSSR count). The molecule has 0 bridgehead atoms. The van der Waals surface area contributed by atoms with Gasteiger partial charge in [0.2, 0.25) is 5.91 Å². The Morgan fingerprint density at radius 1 is 1.08 bits per heavy atom. The molecule has 0 aromatic heterocycles. The lowest BCUT2D eigenvalue weighted by atomic mass is 10.1. The van der Waals surface area contributed by atoms with Crippen molar-refractivity contribution in [2.24, 2.45) is 0 Å². The van der Waals surface area contributed by atoms with Crippen LogP contribution in [0.25, 0.3) is 0 Å². The van der Waals surface area contributed by atoms with Crippen molar-refractivity contribution in [3.63, 3.8) is 0 Å². The van der Waals surface area contributed by atoms with E-state index in [0.717, 1.165) is 35.0 Å². The largest absolute Gasteiger partial charge is 0.416 e. The molecule has 3 nitrogen and oxygen atoms in total. The second-order valence-corrected chi connectivity index (χ2v) is 5.88. The summed E-state index contributed by atoms with van der Waals surface area (Å²) in [7, 11) is 0. The van der Waals surface area contributed by atoms with Crippen LogP contribution in [0.3, 0.4) is 0 Å². The smallest absolute Gasteiger partial charge is 0.376 e. The maximum atomic E-state index is 12.7. The van der Waals surface area contributed by atoms with Gasteiger partial charge in [-0.05, 0) is 55.3 Å². The zero-order valence-electron chi connectivity index (χ0n) is 13.1. The molecule has 128 valence electrons. The Kier molecular flexibility index (Phi) is 5.39. The Labute approximate surface area is 142 Å². The molecule has 7 heteroatoms. The predicted octanol–water partition coefficient (Wildman–Crippen LogP) is 5.03. The van der Waals surface area contributed by atoms with Crippen LogP contribution in [0.2, 0.25) is 5.02 Å². The van der Waals surface area contributed by atoms with Crippen molar-refractivity contribution < 1.29 is 18.0 Å². The molecule has 1 amide bonds. The normalized spacial score (nSPS) is 11.2. The fourth-order valence-corrected chi connectivity index (χ4v) is 2.42. The lowest BCUT2D eigenvalue weighted by molar-refractivity contribution is -0.137. The summed E-state index contributed by atoms with van der Waals surface area (Å²) in [6.45, 7) is 3.77.